The van der Waals surface area contributed by atoms with E-state index in [1.807, 2.05) is 25.1 Å². The first-order valence-electron chi connectivity index (χ1n) is 6.24. The smallest absolute Gasteiger partial charge is 0.273 e. The topological polar surface area (TPSA) is 80.1 Å². The van der Waals surface area contributed by atoms with Crippen LogP contribution in [0.1, 0.15) is 18.5 Å². The van der Waals surface area contributed by atoms with E-state index in [0.717, 1.165) is 5.56 Å². The first kappa shape index (κ1) is 13.8. The summed E-state index contributed by atoms with van der Waals surface area (Å²) >= 11 is 0. The van der Waals surface area contributed by atoms with E-state index in [9.17, 15) is 10.1 Å². The summed E-state index contributed by atoms with van der Waals surface area (Å²) < 4.78 is 0. The van der Waals surface area contributed by atoms with E-state index in [1.54, 1.807) is 19.4 Å². The molecule has 1 aromatic heterocycles. The SMILES string of the molecule is CNc1cc(NC(C)c2ccncc2)cc([N+](=O)[O-])c1. The van der Waals surface area contributed by atoms with Crippen LogP contribution in [0, 0.1) is 10.1 Å². The van der Waals surface area contributed by atoms with Gasteiger partial charge in [0.05, 0.1) is 4.92 Å². The van der Waals surface area contributed by atoms with Gasteiger partial charge >= 0.3 is 0 Å². The van der Waals surface area contributed by atoms with Gasteiger partial charge in [0, 0.05) is 49.0 Å². The van der Waals surface area contributed by atoms with Gasteiger partial charge in [-0.25, -0.2) is 0 Å². The van der Waals surface area contributed by atoms with Gasteiger partial charge in [0.15, 0.2) is 0 Å². The fourth-order valence-corrected chi connectivity index (χ4v) is 1.93. The predicted octanol–water partition coefficient (Wildman–Crippen LogP) is 3.20. The minimum absolute atomic E-state index is 0.0321. The van der Waals surface area contributed by atoms with Crippen molar-refractivity contribution in [1.82, 2.24) is 4.98 Å². The molecule has 0 amide bonds. The molecule has 2 rings (SSSR count). The third kappa shape index (κ3) is 3.23. The molecule has 2 N–H and O–H groups in total. The number of hydrogen-bond acceptors (Lipinski definition) is 5. The van der Waals surface area contributed by atoms with Crippen LogP contribution in [0.3, 0.4) is 0 Å². The maximum absolute atomic E-state index is 10.9. The second-order valence-electron chi connectivity index (χ2n) is 4.42. The standard InChI is InChI=1S/C14H16N4O2/c1-10(11-3-5-16-6-4-11)17-13-7-12(15-2)8-14(9-13)18(19)20/h3-10,15,17H,1-2H3. The molecule has 6 heteroatoms. The van der Waals surface area contributed by atoms with E-state index in [4.69, 9.17) is 0 Å². The molecule has 1 heterocycles. The first-order chi connectivity index (χ1) is 9.60. The van der Waals surface area contributed by atoms with Gasteiger partial charge in [-0.1, -0.05) is 0 Å². The maximum atomic E-state index is 10.9. The van der Waals surface area contributed by atoms with Crippen LogP contribution in [0.5, 0.6) is 0 Å². The lowest BCUT2D eigenvalue weighted by atomic mass is 10.1. The van der Waals surface area contributed by atoms with Gasteiger partial charge in [-0.15, -0.1) is 0 Å². The highest BCUT2D eigenvalue weighted by atomic mass is 16.6. The highest BCUT2D eigenvalue weighted by molar-refractivity contribution is 5.63. The number of nitrogens with zero attached hydrogens (tertiary/aromatic N) is 2. The molecule has 2 aromatic rings. The monoisotopic (exact) mass is 272 g/mol. The second kappa shape index (κ2) is 6.01. The van der Waals surface area contributed by atoms with Gasteiger partial charge in [0.25, 0.3) is 5.69 Å². The van der Waals surface area contributed by atoms with Crippen LogP contribution in [0.25, 0.3) is 0 Å². The summed E-state index contributed by atoms with van der Waals surface area (Å²) in [5.74, 6) is 0. The van der Waals surface area contributed by atoms with Crippen LogP contribution in [0.15, 0.2) is 42.7 Å². The number of anilines is 2. The lowest BCUT2D eigenvalue weighted by Gasteiger charge is -2.16. The van der Waals surface area contributed by atoms with E-state index in [-0.39, 0.29) is 11.7 Å². The van der Waals surface area contributed by atoms with Gasteiger partial charge in [0.2, 0.25) is 0 Å². The van der Waals surface area contributed by atoms with Gasteiger partial charge in [-0.3, -0.25) is 15.1 Å². The van der Waals surface area contributed by atoms with Gasteiger partial charge in [0.1, 0.15) is 0 Å². The molecule has 0 saturated carbocycles. The van der Waals surface area contributed by atoms with E-state index in [1.165, 1.54) is 12.1 Å². The molecule has 0 fully saturated rings. The van der Waals surface area contributed by atoms with Gasteiger partial charge < -0.3 is 10.6 Å². The summed E-state index contributed by atoms with van der Waals surface area (Å²) in [7, 11) is 1.73. The van der Waals surface area contributed by atoms with Crippen LogP contribution < -0.4 is 10.6 Å². The minimum Gasteiger partial charge on any atom is -0.388 e. The van der Waals surface area contributed by atoms with Crippen LogP contribution in [0.4, 0.5) is 17.1 Å². The number of rotatable bonds is 5. The molecule has 104 valence electrons. The lowest BCUT2D eigenvalue weighted by molar-refractivity contribution is -0.384. The van der Waals surface area contributed by atoms with Gasteiger partial charge in [-0.05, 0) is 30.7 Å². The molecule has 1 atom stereocenters. The fourth-order valence-electron chi connectivity index (χ4n) is 1.93. The number of nitro groups is 1. The molecule has 0 aliphatic heterocycles. The summed E-state index contributed by atoms with van der Waals surface area (Å²) in [4.78, 5) is 14.5. The summed E-state index contributed by atoms with van der Waals surface area (Å²) in [6.45, 7) is 1.99. The highest BCUT2D eigenvalue weighted by Gasteiger charge is 2.11. The Hall–Kier alpha value is -2.63. The van der Waals surface area contributed by atoms with Crippen molar-refractivity contribution in [3.8, 4) is 0 Å². The molecular formula is C14H16N4O2. The molecule has 0 bridgehead atoms. The number of benzene rings is 1. The molecule has 6 nitrogen and oxygen atoms in total. The number of nitro benzene ring substituents is 1. The molecule has 0 aliphatic carbocycles. The van der Waals surface area contributed by atoms with Crippen molar-refractivity contribution in [3.63, 3.8) is 0 Å². The van der Waals surface area contributed by atoms with Crippen molar-refractivity contribution in [2.75, 3.05) is 17.7 Å². The van der Waals surface area contributed by atoms with Crippen LogP contribution in [-0.4, -0.2) is 17.0 Å². The number of pyridine rings is 1. The minimum atomic E-state index is -0.400. The largest absolute Gasteiger partial charge is 0.388 e. The average molecular weight is 272 g/mol. The van der Waals surface area contributed by atoms with Crippen molar-refractivity contribution in [2.24, 2.45) is 0 Å². The van der Waals surface area contributed by atoms with E-state index >= 15 is 0 Å². The Kier molecular flexibility index (Phi) is 4.14. The number of non-ortho nitro benzene ring substituents is 1. The van der Waals surface area contributed by atoms with Crippen molar-refractivity contribution in [2.45, 2.75) is 13.0 Å². The zero-order valence-corrected chi connectivity index (χ0v) is 11.3. The quantitative estimate of drug-likeness (QED) is 0.645. The predicted molar refractivity (Wildman–Crippen MR) is 78.9 cm³/mol. The van der Waals surface area contributed by atoms with Crippen molar-refractivity contribution >= 4 is 17.1 Å². The lowest BCUT2D eigenvalue weighted by Crippen LogP contribution is -2.07. The number of aromatic nitrogens is 1. The highest BCUT2D eigenvalue weighted by Crippen LogP contribution is 2.27. The molecule has 1 unspecified atom stereocenters. The molecule has 1 aromatic carbocycles. The fraction of sp³-hybridized carbons (Fsp3) is 0.214. The Morgan fingerprint density at radius 1 is 1.20 bits per heavy atom. The van der Waals surface area contributed by atoms with E-state index in [0.29, 0.717) is 11.4 Å². The Morgan fingerprint density at radius 2 is 1.85 bits per heavy atom. The average Bonchev–Trinajstić information content (AvgIpc) is 2.47. The Labute approximate surface area is 117 Å². The molecule has 0 aliphatic rings. The van der Waals surface area contributed by atoms with Crippen molar-refractivity contribution < 1.29 is 4.92 Å². The Balaban J connectivity index is 2.24. The van der Waals surface area contributed by atoms with Crippen molar-refractivity contribution in [3.05, 3.63) is 58.4 Å². The summed E-state index contributed by atoms with van der Waals surface area (Å²) in [6, 6.07) is 8.72. The van der Waals surface area contributed by atoms with E-state index < -0.39 is 4.92 Å². The van der Waals surface area contributed by atoms with Crippen molar-refractivity contribution in [1.29, 1.82) is 0 Å². The summed E-state index contributed by atoms with van der Waals surface area (Å²) in [5, 5.41) is 17.1. The number of hydrogen-bond donors (Lipinski definition) is 2. The Morgan fingerprint density at radius 3 is 2.45 bits per heavy atom. The first-order valence-corrected chi connectivity index (χ1v) is 6.24. The van der Waals surface area contributed by atoms with Gasteiger partial charge in [-0.2, -0.15) is 0 Å². The molecule has 20 heavy (non-hydrogen) atoms. The third-order valence-electron chi connectivity index (χ3n) is 3.01. The third-order valence-corrected chi connectivity index (χ3v) is 3.01. The van der Waals surface area contributed by atoms with Crippen LogP contribution >= 0.6 is 0 Å². The summed E-state index contributed by atoms with van der Waals surface area (Å²) in [5.41, 5.74) is 2.52. The van der Waals surface area contributed by atoms with Crippen LogP contribution in [0.2, 0.25) is 0 Å². The normalized spacial score (nSPS) is 11.7. The Bertz CT molecular complexity index is 601. The maximum Gasteiger partial charge on any atom is 0.273 e. The molecule has 0 radical (unpaired) electrons. The number of nitrogens with one attached hydrogen (secondary N) is 2. The summed E-state index contributed by atoms with van der Waals surface area (Å²) in [6.07, 6.45) is 3.44. The molecule has 0 saturated heterocycles. The second-order valence-corrected chi connectivity index (χ2v) is 4.42. The molecule has 0 spiro atoms. The molecular weight excluding hydrogens is 256 g/mol. The van der Waals surface area contributed by atoms with Crippen LogP contribution in [-0.2, 0) is 0 Å². The van der Waals surface area contributed by atoms with E-state index in [2.05, 4.69) is 15.6 Å². The zero-order valence-electron chi connectivity index (χ0n) is 11.3. The zero-order chi connectivity index (χ0) is 14.5.